The molecule has 0 aromatic heterocycles. The van der Waals surface area contributed by atoms with Gasteiger partial charge in [0.05, 0.1) is 6.61 Å². The number of likely N-dealkylation sites (N-methyl/N-ethyl adjacent to an activating group) is 1. The Morgan fingerprint density at radius 1 is 1.30 bits per heavy atom. The Labute approximate surface area is 138 Å². The number of amides is 1. The topological polar surface area (TPSA) is 38.8 Å². The van der Waals surface area contributed by atoms with E-state index in [-0.39, 0.29) is 6.09 Å². The van der Waals surface area contributed by atoms with Crippen molar-refractivity contribution >= 4 is 11.7 Å². The predicted octanol–water partition coefficient (Wildman–Crippen LogP) is 3.82. The first kappa shape index (κ1) is 15.9. The molecule has 3 rings (SSSR count). The summed E-state index contributed by atoms with van der Waals surface area (Å²) in [4.78, 5) is 13.7. The maximum Gasteiger partial charge on any atom is 0.410 e. The first-order valence-corrected chi connectivity index (χ1v) is 8.26. The van der Waals surface area contributed by atoms with E-state index >= 15 is 0 Å². The van der Waals surface area contributed by atoms with Gasteiger partial charge in [-0.25, -0.2) is 4.79 Å². The van der Waals surface area contributed by atoms with E-state index in [2.05, 4.69) is 18.2 Å². The van der Waals surface area contributed by atoms with Crippen LogP contribution in [0.2, 0.25) is 0 Å². The quantitative estimate of drug-likeness (QED) is 0.833. The van der Waals surface area contributed by atoms with Crippen LogP contribution in [0.1, 0.15) is 43.9 Å². The van der Waals surface area contributed by atoms with Crippen molar-refractivity contribution in [1.82, 2.24) is 4.90 Å². The van der Waals surface area contributed by atoms with Crippen LogP contribution in [0.25, 0.3) is 5.57 Å². The molecule has 0 saturated heterocycles. The summed E-state index contributed by atoms with van der Waals surface area (Å²) in [6, 6.07) is 4.27. The highest BCUT2D eigenvalue weighted by Crippen LogP contribution is 2.41. The van der Waals surface area contributed by atoms with E-state index < -0.39 is 5.60 Å². The molecule has 4 nitrogen and oxygen atoms in total. The number of benzene rings is 1. The number of aryl methyl sites for hydroxylation is 1. The van der Waals surface area contributed by atoms with E-state index in [9.17, 15) is 4.79 Å². The lowest BCUT2D eigenvalue weighted by Gasteiger charge is -2.24. The average Bonchev–Trinajstić information content (AvgIpc) is 3.08. The highest BCUT2D eigenvalue weighted by Gasteiger charge is 2.25. The van der Waals surface area contributed by atoms with Gasteiger partial charge >= 0.3 is 6.09 Å². The fraction of sp³-hybridized carbons (Fsp3) is 0.526. The predicted molar refractivity (Wildman–Crippen MR) is 90.8 cm³/mol. The molecule has 1 aliphatic carbocycles. The number of hydrogen-bond donors (Lipinski definition) is 0. The molecule has 0 N–H and O–H groups in total. The van der Waals surface area contributed by atoms with Gasteiger partial charge in [-0.2, -0.15) is 0 Å². The molecule has 1 aromatic carbocycles. The molecule has 1 heterocycles. The van der Waals surface area contributed by atoms with E-state index in [4.69, 9.17) is 9.47 Å². The van der Waals surface area contributed by atoms with Crippen LogP contribution in [-0.2, 0) is 17.6 Å². The fourth-order valence-corrected chi connectivity index (χ4v) is 3.19. The molecular formula is C19H25NO3. The summed E-state index contributed by atoms with van der Waals surface area (Å²) in [5.74, 6) is 1.03. The van der Waals surface area contributed by atoms with Crippen molar-refractivity contribution in [3.05, 3.63) is 34.9 Å². The summed E-state index contributed by atoms with van der Waals surface area (Å²) in [6.45, 7) is 6.99. The van der Waals surface area contributed by atoms with Crippen molar-refractivity contribution in [2.45, 2.75) is 45.6 Å². The molecule has 1 aliphatic heterocycles. The first-order valence-electron chi connectivity index (χ1n) is 8.26. The first-order chi connectivity index (χ1) is 10.8. The Hall–Kier alpha value is -1.97. The Morgan fingerprint density at radius 2 is 2.09 bits per heavy atom. The lowest BCUT2D eigenvalue weighted by Crippen LogP contribution is -2.34. The standard InChI is InChI=1S/C19H25NO3/c1-19(2,3)23-18(21)20(4)11-9-14-6-5-13-7-8-16-15(17(13)14)10-12-22-16/h7-9H,5-6,10-12H2,1-4H3/b14-9-. The van der Waals surface area contributed by atoms with E-state index in [1.165, 1.54) is 22.3 Å². The number of ether oxygens (including phenoxy) is 2. The highest BCUT2D eigenvalue weighted by molar-refractivity contribution is 5.78. The van der Waals surface area contributed by atoms with Crippen LogP contribution in [0.5, 0.6) is 5.75 Å². The molecule has 0 atom stereocenters. The van der Waals surface area contributed by atoms with Crippen LogP contribution in [-0.4, -0.2) is 36.8 Å². The minimum Gasteiger partial charge on any atom is -0.493 e. The van der Waals surface area contributed by atoms with Gasteiger partial charge in [0.1, 0.15) is 11.4 Å². The van der Waals surface area contributed by atoms with Crippen molar-refractivity contribution in [1.29, 1.82) is 0 Å². The monoisotopic (exact) mass is 315 g/mol. The molecule has 0 bridgehead atoms. The molecule has 2 aliphatic rings. The molecule has 0 saturated carbocycles. The van der Waals surface area contributed by atoms with Gasteiger partial charge in [-0.15, -0.1) is 0 Å². The molecule has 0 unspecified atom stereocenters. The molecule has 0 radical (unpaired) electrons. The third-order valence-corrected chi connectivity index (χ3v) is 4.27. The number of rotatable bonds is 2. The van der Waals surface area contributed by atoms with Crippen LogP contribution in [0, 0.1) is 0 Å². The lowest BCUT2D eigenvalue weighted by atomic mass is 9.98. The zero-order chi connectivity index (χ0) is 16.6. The second-order valence-electron chi connectivity index (χ2n) is 7.27. The summed E-state index contributed by atoms with van der Waals surface area (Å²) >= 11 is 0. The highest BCUT2D eigenvalue weighted by atomic mass is 16.6. The second-order valence-corrected chi connectivity index (χ2v) is 7.27. The largest absolute Gasteiger partial charge is 0.493 e. The number of fused-ring (bicyclic) bond motifs is 3. The minimum absolute atomic E-state index is 0.283. The zero-order valence-electron chi connectivity index (χ0n) is 14.4. The van der Waals surface area contributed by atoms with Gasteiger partial charge in [0, 0.05) is 25.6 Å². The Morgan fingerprint density at radius 3 is 2.83 bits per heavy atom. The van der Waals surface area contributed by atoms with Crippen LogP contribution < -0.4 is 4.74 Å². The Kier molecular flexibility index (Phi) is 4.09. The zero-order valence-corrected chi connectivity index (χ0v) is 14.4. The minimum atomic E-state index is -0.462. The van der Waals surface area contributed by atoms with Crippen molar-refractivity contribution in [3.8, 4) is 5.75 Å². The van der Waals surface area contributed by atoms with E-state index in [1.807, 2.05) is 20.8 Å². The van der Waals surface area contributed by atoms with Gasteiger partial charge in [0.15, 0.2) is 0 Å². The number of allylic oxidation sites excluding steroid dienone is 1. The summed E-state index contributed by atoms with van der Waals surface area (Å²) in [5, 5.41) is 0. The van der Waals surface area contributed by atoms with Crippen molar-refractivity contribution in [2.24, 2.45) is 0 Å². The SMILES string of the molecule is CN(C/C=C1/CCc2ccc3c(c21)CCO3)C(=O)OC(C)(C)C. The van der Waals surface area contributed by atoms with Gasteiger partial charge in [0.2, 0.25) is 0 Å². The second kappa shape index (κ2) is 5.91. The van der Waals surface area contributed by atoms with Gasteiger partial charge in [-0.3, -0.25) is 0 Å². The van der Waals surface area contributed by atoms with Crippen molar-refractivity contribution < 1.29 is 14.3 Å². The summed E-state index contributed by atoms with van der Waals surface area (Å²) in [5.41, 5.74) is 4.97. The van der Waals surface area contributed by atoms with Crippen molar-refractivity contribution in [3.63, 3.8) is 0 Å². The molecule has 0 fully saturated rings. The molecule has 124 valence electrons. The number of carbonyl (C=O) groups excluding carboxylic acids is 1. The smallest absolute Gasteiger partial charge is 0.410 e. The third kappa shape index (κ3) is 3.36. The molecule has 0 spiro atoms. The van der Waals surface area contributed by atoms with E-state index in [1.54, 1.807) is 11.9 Å². The molecule has 4 heteroatoms. The molecule has 23 heavy (non-hydrogen) atoms. The van der Waals surface area contributed by atoms with Crippen molar-refractivity contribution in [2.75, 3.05) is 20.2 Å². The van der Waals surface area contributed by atoms with Gasteiger partial charge in [-0.05, 0) is 56.4 Å². The van der Waals surface area contributed by atoms with Gasteiger partial charge < -0.3 is 14.4 Å². The number of hydrogen-bond acceptors (Lipinski definition) is 3. The molecular weight excluding hydrogens is 290 g/mol. The maximum atomic E-state index is 12.1. The Bertz CT molecular complexity index is 655. The Balaban J connectivity index is 1.74. The van der Waals surface area contributed by atoms with Crippen LogP contribution >= 0.6 is 0 Å². The summed E-state index contributed by atoms with van der Waals surface area (Å²) in [7, 11) is 1.78. The fourth-order valence-electron chi connectivity index (χ4n) is 3.19. The normalized spacial score (nSPS) is 17.7. The van der Waals surface area contributed by atoms with Crippen LogP contribution in [0.4, 0.5) is 4.79 Å². The van der Waals surface area contributed by atoms with Crippen LogP contribution in [0.15, 0.2) is 18.2 Å². The van der Waals surface area contributed by atoms with E-state index in [0.717, 1.165) is 31.6 Å². The summed E-state index contributed by atoms with van der Waals surface area (Å²) in [6.07, 6.45) is 4.97. The van der Waals surface area contributed by atoms with Crippen LogP contribution in [0.3, 0.4) is 0 Å². The number of nitrogens with zero attached hydrogens (tertiary/aromatic N) is 1. The molecule has 1 aromatic rings. The summed E-state index contributed by atoms with van der Waals surface area (Å²) < 4.78 is 11.1. The molecule has 1 amide bonds. The van der Waals surface area contributed by atoms with Gasteiger partial charge in [-0.1, -0.05) is 12.1 Å². The van der Waals surface area contributed by atoms with E-state index in [0.29, 0.717) is 6.54 Å². The average molecular weight is 315 g/mol. The van der Waals surface area contributed by atoms with Gasteiger partial charge in [0.25, 0.3) is 0 Å². The third-order valence-electron chi connectivity index (χ3n) is 4.27. The number of carbonyl (C=O) groups is 1. The maximum absolute atomic E-state index is 12.1. The lowest BCUT2D eigenvalue weighted by molar-refractivity contribution is 0.0318.